The first-order chi connectivity index (χ1) is 21.0. The van der Waals surface area contributed by atoms with Crippen molar-refractivity contribution in [1.82, 2.24) is 5.32 Å². The molecule has 5 saturated carbocycles. The lowest BCUT2D eigenvalue weighted by Gasteiger charge is -2.72. The Morgan fingerprint density at radius 2 is 1.56 bits per heavy atom. The fraction of sp³-hybridized carbons (Fsp3) is 0.769. The number of hydrogen-bond donors (Lipinski definition) is 1. The van der Waals surface area contributed by atoms with E-state index in [-0.39, 0.29) is 52.1 Å². The summed E-state index contributed by atoms with van der Waals surface area (Å²) < 4.78 is 11.9. The van der Waals surface area contributed by atoms with Gasteiger partial charge in [0.25, 0.3) is 0 Å². The molecule has 0 saturated heterocycles. The number of carbonyl (C=O) groups is 3. The van der Waals surface area contributed by atoms with Gasteiger partial charge in [0, 0.05) is 17.9 Å². The molecule has 0 spiro atoms. The van der Waals surface area contributed by atoms with Gasteiger partial charge in [-0.3, -0.25) is 9.59 Å². The van der Waals surface area contributed by atoms with Gasteiger partial charge in [0.1, 0.15) is 18.0 Å². The van der Waals surface area contributed by atoms with Gasteiger partial charge in [-0.25, -0.2) is 4.79 Å². The molecule has 1 aromatic carbocycles. The Morgan fingerprint density at radius 1 is 0.844 bits per heavy atom. The zero-order valence-electron chi connectivity index (χ0n) is 29.1. The third kappa shape index (κ3) is 4.98. The summed E-state index contributed by atoms with van der Waals surface area (Å²) in [6.07, 6.45) is 8.90. The molecule has 1 amide bonds. The Labute approximate surface area is 271 Å². The molecule has 0 radical (unpaired) electrons. The number of esters is 1. The summed E-state index contributed by atoms with van der Waals surface area (Å²) in [7, 11) is 0. The van der Waals surface area contributed by atoms with Crippen LogP contribution in [0, 0.1) is 50.7 Å². The number of carbonyl (C=O) groups excluding carboxylic acids is 3. The molecule has 5 aliphatic carbocycles. The van der Waals surface area contributed by atoms with Crippen LogP contribution in [0.3, 0.4) is 0 Å². The maximum Gasteiger partial charge on any atom is 0.407 e. The van der Waals surface area contributed by atoms with Crippen LogP contribution >= 0.6 is 0 Å². The minimum Gasteiger partial charge on any atom is -0.460 e. The largest absolute Gasteiger partial charge is 0.460 e. The predicted molar refractivity (Wildman–Crippen MR) is 175 cm³/mol. The molecule has 5 fully saturated rings. The van der Waals surface area contributed by atoms with Crippen molar-refractivity contribution in [1.29, 1.82) is 0 Å². The van der Waals surface area contributed by atoms with Crippen LogP contribution in [0.1, 0.15) is 125 Å². The molecular weight excluding hydrogens is 562 g/mol. The summed E-state index contributed by atoms with van der Waals surface area (Å²) in [6, 6.07) is 9.80. The average molecular weight is 620 g/mol. The monoisotopic (exact) mass is 619 g/mol. The van der Waals surface area contributed by atoms with Gasteiger partial charge < -0.3 is 14.8 Å². The molecule has 1 aromatic rings. The van der Waals surface area contributed by atoms with Crippen LogP contribution in [-0.2, 0) is 25.7 Å². The Morgan fingerprint density at radius 3 is 2.24 bits per heavy atom. The first kappa shape index (κ1) is 32.6. The van der Waals surface area contributed by atoms with E-state index >= 15 is 0 Å². The molecule has 1 N–H and O–H groups in total. The van der Waals surface area contributed by atoms with Gasteiger partial charge in [0.2, 0.25) is 0 Å². The van der Waals surface area contributed by atoms with Crippen LogP contribution in [0.2, 0.25) is 0 Å². The highest BCUT2D eigenvalue weighted by Crippen LogP contribution is 2.76. The van der Waals surface area contributed by atoms with Gasteiger partial charge in [-0.05, 0) is 124 Å². The summed E-state index contributed by atoms with van der Waals surface area (Å²) in [5, 5.41) is 3.28. The van der Waals surface area contributed by atoms with Crippen LogP contribution in [0.4, 0.5) is 4.79 Å². The summed E-state index contributed by atoms with van der Waals surface area (Å²) in [4.78, 5) is 40.7. The predicted octanol–water partition coefficient (Wildman–Crippen LogP) is 8.66. The second-order valence-corrected chi connectivity index (χ2v) is 17.8. The molecular formula is C39H57NO5. The molecule has 6 rings (SSSR count). The molecule has 0 heterocycles. The molecule has 3 unspecified atom stereocenters. The maximum absolute atomic E-state index is 14.3. The fourth-order valence-corrected chi connectivity index (χ4v) is 12.2. The Bertz CT molecular complexity index is 1330. The fourth-order valence-electron chi connectivity index (χ4n) is 12.2. The number of ether oxygens (including phenoxy) is 2. The van der Waals surface area contributed by atoms with Crippen LogP contribution < -0.4 is 5.32 Å². The van der Waals surface area contributed by atoms with Crippen LogP contribution in [0.5, 0.6) is 0 Å². The number of amides is 1. The van der Waals surface area contributed by atoms with Crippen molar-refractivity contribution in [3.05, 3.63) is 35.9 Å². The summed E-state index contributed by atoms with van der Waals surface area (Å²) in [5.41, 5.74) is -0.242. The Kier molecular flexibility index (Phi) is 7.84. The number of hydrogen-bond acceptors (Lipinski definition) is 5. The SMILES string of the molecule is CC(C)(C)OC(=O)N[C@@H]1CC[C@]2(C(=O)OCc3ccccc3)CC[C@]3(C)[C@H](CCC4[C@@]5(C)CCC(=O)C(C)(C)C5CC[C@]43C)C12. The standard InChI is InChI=1S/C39H57NO5/c1-34(2,3)45-33(43)40-27-16-21-39(32(42)44-24-25-12-10-9-11-13-25)23-22-37(7)26(31(27)39)14-15-29-36(6)19-18-30(41)35(4,5)28(36)17-20-38(29,37)8/h9-13,26-29,31H,14-24H2,1-8H3,(H,40,43)/t26-,27-,28?,29?,31?,36+,37-,38-,39+/m1/s1. The van der Waals surface area contributed by atoms with E-state index < -0.39 is 17.1 Å². The lowest BCUT2D eigenvalue weighted by atomic mass is 9.32. The van der Waals surface area contributed by atoms with E-state index in [1.807, 2.05) is 51.1 Å². The van der Waals surface area contributed by atoms with E-state index in [2.05, 4.69) is 39.9 Å². The third-order valence-electron chi connectivity index (χ3n) is 14.5. The average Bonchev–Trinajstić information content (AvgIpc) is 3.33. The highest BCUT2D eigenvalue weighted by molar-refractivity contribution is 5.85. The van der Waals surface area contributed by atoms with Crippen molar-refractivity contribution in [2.75, 3.05) is 0 Å². The number of rotatable bonds is 4. The molecule has 9 atom stereocenters. The normalized spacial score (nSPS) is 42.0. The van der Waals surface area contributed by atoms with Gasteiger partial charge in [0.05, 0.1) is 5.41 Å². The minimum absolute atomic E-state index is 0.000258. The van der Waals surface area contributed by atoms with E-state index in [0.29, 0.717) is 24.0 Å². The van der Waals surface area contributed by atoms with Crippen LogP contribution in [0.25, 0.3) is 0 Å². The topological polar surface area (TPSA) is 81.7 Å². The summed E-state index contributed by atoms with van der Waals surface area (Å²) in [6.45, 7) is 17.9. The van der Waals surface area contributed by atoms with Crippen molar-refractivity contribution >= 4 is 17.8 Å². The number of nitrogens with one attached hydrogen (secondary N) is 1. The first-order valence-electron chi connectivity index (χ1n) is 17.7. The highest BCUT2D eigenvalue weighted by atomic mass is 16.6. The summed E-state index contributed by atoms with van der Waals surface area (Å²) >= 11 is 0. The first-order valence-corrected chi connectivity index (χ1v) is 17.7. The molecule has 0 bridgehead atoms. The maximum atomic E-state index is 14.3. The quantitative estimate of drug-likeness (QED) is 0.341. The molecule has 0 aromatic heterocycles. The lowest BCUT2D eigenvalue weighted by molar-refractivity contribution is -0.235. The van der Waals surface area contributed by atoms with Gasteiger partial charge in [-0.15, -0.1) is 0 Å². The molecule has 248 valence electrons. The smallest absolute Gasteiger partial charge is 0.407 e. The molecule has 6 heteroatoms. The van der Waals surface area contributed by atoms with Crippen molar-refractivity contribution in [2.45, 2.75) is 138 Å². The second-order valence-electron chi connectivity index (χ2n) is 17.8. The van der Waals surface area contributed by atoms with Gasteiger partial charge in [-0.1, -0.05) is 65.0 Å². The molecule has 45 heavy (non-hydrogen) atoms. The zero-order chi connectivity index (χ0) is 32.6. The lowest BCUT2D eigenvalue weighted by Crippen LogP contribution is -2.67. The molecule has 5 aliphatic rings. The van der Waals surface area contributed by atoms with Gasteiger partial charge in [0.15, 0.2) is 0 Å². The van der Waals surface area contributed by atoms with Gasteiger partial charge in [-0.2, -0.15) is 0 Å². The van der Waals surface area contributed by atoms with E-state index in [4.69, 9.17) is 9.47 Å². The van der Waals surface area contributed by atoms with E-state index in [1.165, 1.54) is 0 Å². The number of benzene rings is 1. The minimum atomic E-state index is -0.609. The third-order valence-corrected chi connectivity index (χ3v) is 14.5. The van der Waals surface area contributed by atoms with E-state index in [9.17, 15) is 14.4 Å². The van der Waals surface area contributed by atoms with Crippen LogP contribution in [0.15, 0.2) is 30.3 Å². The number of alkyl carbamates (subject to hydrolysis) is 1. The Balaban J connectivity index is 1.34. The van der Waals surface area contributed by atoms with Crippen molar-refractivity contribution in [3.63, 3.8) is 0 Å². The van der Waals surface area contributed by atoms with E-state index in [0.717, 1.165) is 63.4 Å². The molecule has 6 nitrogen and oxygen atoms in total. The van der Waals surface area contributed by atoms with Gasteiger partial charge >= 0.3 is 12.1 Å². The van der Waals surface area contributed by atoms with Crippen LogP contribution in [-0.4, -0.2) is 29.5 Å². The number of fused-ring (bicyclic) bond motifs is 7. The highest BCUT2D eigenvalue weighted by Gasteiger charge is 2.72. The van der Waals surface area contributed by atoms with E-state index in [1.54, 1.807) is 0 Å². The zero-order valence-corrected chi connectivity index (χ0v) is 29.1. The van der Waals surface area contributed by atoms with Crippen molar-refractivity contribution in [3.8, 4) is 0 Å². The second kappa shape index (κ2) is 10.8. The number of ketones is 1. The van der Waals surface area contributed by atoms with Crippen molar-refractivity contribution < 1.29 is 23.9 Å². The molecule has 0 aliphatic heterocycles. The number of Topliss-reactive ketones (excluding diaryl/α,β-unsaturated/α-hetero) is 1. The van der Waals surface area contributed by atoms with Crippen molar-refractivity contribution in [2.24, 2.45) is 50.7 Å². The summed E-state index contributed by atoms with van der Waals surface area (Å²) in [5.74, 6) is 1.58. The Hall–Kier alpha value is -2.37.